The molecule has 7 heteroatoms. The van der Waals surface area contributed by atoms with E-state index in [1.165, 1.54) is 6.20 Å². The molecule has 1 rings (SSSR count). The standard InChI is InChI=1S/C11H20ClN3O2S/c1-8(2)5-10(6-12)14-18(16,17)11-7-15(4)9(3)13-11/h7-8,10,14H,5-6H2,1-4H3. The lowest BCUT2D eigenvalue weighted by Crippen LogP contribution is -2.37. The molecule has 104 valence electrons. The molecule has 0 amide bonds. The highest BCUT2D eigenvalue weighted by atomic mass is 35.5. The molecule has 0 aliphatic carbocycles. The molecular weight excluding hydrogens is 274 g/mol. The summed E-state index contributed by atoms with van der Waals surface area (Å²) in [6, 6.07) is -0.265. The van der Waals surface area contributed by atoms with Crippen LogP contribution in [0.4, 0.5) is 0 Å². The molecule has 0 saturated heterocycles. The van der Waals surface area contributed by atoms with Gasteiger partial charge in [-0.3, -0.25) is 0 Å². The Bertz CT molecular complexity index is 477. The van der Waals surface area contributed by atoms with Crippen molar-refractivity contribution in [2.45, 2.75) is 38.3 Å². The summed E-state index contributed by atoms with van der Waals surface area (Å²) in [6.07, 6.45) is 2.20. The highest BCUT2D eigenvalue weighted by Gasteiger charge is 2.23. The fourth-order valence-electron chi connectivity index (χ4n) is 1.65. The summed E-state index contributed by atoms with van der Waals surface area (Å²) >= 11 is 5.79. The van der Waals surface area contributed by atoms with Gasteiger partial charge in [0.15, 0.2) is 5.03 Å². The maximum atomic E-state index is 12.1. The summed E-state index contributed by atoms with van der Waals surface area (Å²) in [5, 5.41) is 0.0429. The number of nitrogens with one attached hydrogen (secondary N) is 1. The highest BCUT2D eigenvalue weighted by Crippen LogP contribution is 2.12. The summed E-state index contributed by atoms with van der Waals surface area (Å²) in [7, 11) is -1.83. The third-order valence-electron chi connectivity index (χ3n) is 2.63. The zero-order chi connectivity index (χ0) is 13.9. The van der Waals surface area contributed by atoms with Crippen LogP contribution in [0.25, 0.3) is 0 Å². The molecule has 18 heavy (non-hydrogen) atoms. The second-order valence-electron chi connectivity index (χ2n) is 4.84. The number of rotatable bonds is 6. The van der Waals surface area contributed by atoms with Crippen LogP contribution in [0.15, 0.2) is 11.2 Å². The highest BCUT2D eigenvalue weighted by molar-refractivity contribution is 7.89. The molecule has 0 saturated carbocycles. The van der Waals surface area contributed by atoms with E-state index in [1.54, 1.807) is 18.5 Å². The number of aryl methyl sites for hydroxylation is 2. The van der Waals surface area contributed by atoms with E-state index in [1.807, 2.05) is 13.8 Å². The molecule has 1 unspecified atom stereocenters. The number of nitrogens with zero attached hydrogens (tertiary/aromatic N) is 2. The summed E-state index contributed by atoms with van der Waals surface area (Å²) in [6.45, 7) is 5.81. The normalized spacial score (nSPS) is 14.1. The summed E-state index contributed by atoms with van der Waals surface area (Å²) < 4.78 is 28.5. The van der Waals surface area contributed by atoms with E-state index in [0.29, 0.717) is 18.2 Å². The van der Waals surface area contributed by atoms with E-state index in [4.69, 9.17) is 11.6 Å². The van der Waals surface area contributed by atoms with Crippen molar-refractivity contribution < 1.29 is 8.42 Å². The Hall–Kier alpha value is -0.590. The summed E-state index contributed by atoms with van der Waals surface area (Å²) in [4.78, 5) is 4.02. The number of alkyl halides is 1. The zero-order valence-corrected chi connectivity index (χ0v) is 12.7. The van der Waals surface area contributed by atoms with Crippen LogP contribution in [0, 0.1) is 12.8 Å². The van der Waals surface area contributed by atoms with Crippen LogP contribution in [-0.4, -0.2) is 29.9 Å². The summed E-state index contributed by atoms with van der Waals surface area (Å²) in [5.41, 5.74) is 0. The fraction of sp³-hybridized carbons (Fsp3) is 0.727. The maximum absolute atomic E-state index is 12.1. The van der Waals surface area contributed by atoms with Crippen molar-refractivity contribution in [3.63, 3.8) is 0 Å². The number of sulfonamides is 1. The Morgan fingerprint density at radius 3 is 2.50 bits per heavy atom. The van der Waals surface area contributed by atoms with Crippen molar-refractivity contribution in [3.05, 3.63) is 12.0 Å². The molecule has 1 atom stereocenters. The van der Waals surface area contributed by atoms with E-state index in [9.17, 15) is 8.42 Å². The van der Waals surface area contributed by atoms with Crippen molar-refractivity contribution in [2.24, 2.45) is 13.0 Å². The van der Waals surface area contributed by atoms with Crippen molar-refractivity contribution in [1.29, 1.82) is 0 Å². The summed E-state index contributed by atoms with van der Waals surface area (Å²) in [5.74, 6) is 1.28. The Morgan fingerprint density at radius 1 is 1.50 bits per heavy atom. The van der Waals surface area contributed by atoms with Gasteiger partial charge in [0.25, 0.3) is 10.0 Å². The first kappa shape index (κ1) is 15.5. The molecule has 0 aliphatic heterocycles. The largest absolute Gasteiger partial charge is 0.337 e. The zero-order valence-electron chi connectivity index (χ0n) is 11.1. The van der Waals surface area contributed by atoms with Crippen molar-refractivity contribution >= 4 is 21.6 Å². The molecule has 1 heterocycles. The lowest BCUT2D eigenvalue weighted by molar-refractivity contribution is 0.484. The number of halogens is 1. The van der Waals surface area contributed by atoms with Gasteiger partial charge in [-0.05, 0) is 19.3 Å². The van der Waals surface area contributed by atoms with E-state index in [0.717, 1.165) is 0 Å². The van der Waals surface area contributed by atoms with Crippen LogP contribution in [0.3, 0.4) is 0 Å². The van der Waals surface area contributed by atoms with E-state index >= 15 is 0 Å². The van der Waals surface area contributed by atoms with Crippen LogP contribution < -0.4 is 4.72 Å². The molecule has 0 aromatic carbocycles. The second kappa shape index (κ2) is 6.04. The smallest absolute Gasteiger partial charge is 0.259 e. The SMILES string of the molecule is Cc1nc(S(=O)(=O)NC(CCl)CC(C)C)cn1C. The Labute approximate surface area is 114 Å². The number of hydrogen-bond donors (Lipinski definition) is 1. The van der Waals surface area contributed by atoms with Crippen LogP contribution in [0.2, 0.25) is 0 Å². The number of imidazole rings is 1. The van der Waals surface area contributed by atoms with Gasteiger partial charge in [-0.25, -0.2) is 18.1 Å². The van der Waals surface area contributed by atoms with Crippen molar-refractivity contribution in [3.8, 4) is 0 Å². The Balaban J connectivity index is 2.87. The van der Waals surface area contributed by atoms with E-state index < -0.39 is 10.0 Å². The van der Waals surface area contributed by atoms with Crippen molar-refractivity contribution in [1.82, 2.24) is 14.3 Å². The van der Waals surface area contributed by atoms with Gasteiger partial charge in [0, 0.05) is 25.2 Å². The molecule has 0 bridgehead atoms. The Morgan fingerprint density at radius 2 is 2.11 bits per heavy atom. The number of hydrogen-bond acceptors (Lipinski definition) is 3. The van der Waals surface area contributed by atoms with E-state index in [-0.39, 0.29) is 16.9 Å². The minimum absolute atomic E-state index is 0.0429. The topological polar surface area (TPSA) is 64.0 Å². The second-order valence-corrected chi connectivity index (χ2v) is 6.81. The monoisotopic (exact) mass is 293 g/mol. The quantitative estimate of drug-likeness (QED) is 0.811. The van der Waals surface area contributed by atoms with Crippen LogP contribution in [-0.2, 0) is 17.1 Å². The van der Waals surface area contributed by atoms with Gasteiger partial charge < -0.3 is 4.57 Å². The lowest BCUT2D eigenvalue weighted by Gasteiger charge is -2.17. The van der Waals surface area contributed by atoms with Crippen LogP contribution in [0.5, 0.6) is 0 Å². The third kappa shape index (κ3) is 3.96. The first-order chi connectivity index (χ1) is 8.26. The minimum atomic E-state index is -3.59. The van der Waals surface area contributed by atoms with Gasteiger partial charge in [-0.2, -0.15) is 0 Å². The van der Waals surface area contributed by atoms with Gasteiger partial charge >= 0.3 is 0 Å². The fourth-order valence-corrected chi connectivity index (χ4v) is 3.23. The average molecular weight is 294 g/mol. The van der Waals surface area contributed by atoms with E-state index in [2.05, 4.69) is 9.71 Å². The number of aromatic nitrogens is 2. The maximum Gasteiger partial charge on any atom is 0.259 e. The van der Waals surface area contributed by atoms with Gasteiger partial charge in [-0.1, -0.05) is 13.8 Å². The molecule has 0 aliphatic rings. The molecule has 1 N–H and O–H groups in total. The predicted molar refractivity (Wildman–Crippen MR) is 72.2 cm³/mol. The first-order valence-corrected chi connectivity index (χ1v) is 7.86. The molecule has 0 radical (unpaired) electrons. The predicted octanol–water partition coefficient (Wildman–Crippen LogP) is 1.66. The lowest BCUT2D eigenvalue weighted by atomic mass is 10.1. The first-order valence-electron chi connectivity index (χ1n) is 5.84. The molecule has 5 nitrogen and oxygen atoms in total. The minimum Gasteiger partial charge on any atom is -0.337 e. The molecule has 1 aromatic heterocycles. The average Bonchev–Trinajstić information content (AvgIpc) is 2.58. The Kier molecular flexibility index (Phi) is 5.19. The molecule has 0 spiro atoms. The van der Waals surface area contributed by atoms with Crippen LogP contribution >= 0.6 is 11.6 Å². The third-order valence-corrected chi connectivity index (χ3v) is 4.39. The molecular formula is C11H20ClN3O2S. The van der Waals surface area contributed by atoms with Gasteiger partial charge in [0.1, 0.15) is 5.82 Å². The van der Waals surface area contributed by atoms with Crippen LogP contribution in [0.1, 0.15) is 26.1 Å². The van der Waals surface area contributed by atoms with Gasteiger partial charge in [0.2, 0.25) is 0 Å². The van der Waals surface area contributed by atoms with Gasteiger partial charge in [0.05, 0.1) is 0 Å². The molecule has 1 aromatic rings. The molecule has 0 fully saturated rings. The van der Waals surface area contributed by atoms with Gasteiger partial charge in [-0.15, -0.1) is 11.6 Å². The van der Waals surface area contributed by atoms with Crippen molar-refractivity contribution in [2.75, 3.05) is 5.88 Å².